The number of nitrogens with one attached hydrogen (secondary N) is 1. The standard InChI is InChI=1S/C13H17N3O2/c1-9-3-5-11(6-4-9)13(18)15-8-7-12(17)16-10(2)14/h3-6H,7-8H2,1-2H3,(H,15,18)(H2,14,16,17). The monoisotopic (exact) mass is 247 g/mol. The topological polar surface area (TPSA) is 84.5 Å². The number of amidine groups is 1. The summed E-state index contributed by atoms with van der Waals surface area (Å²) >= 11 is 0. The number of amides is 2. The molecular formula is C13H17N3O2. The first-order chi connectivity index (χ1) is 8.49. The van der Waals surface area contributed by atoms with Crippen LogP contribution in [-0.4, -0.2) is 24.2 Å². The number of aliphatic imine (C=N–C) groups is 1. The van der Waals surface area contributed by atoms with Crippen molar-refractivity contribution in [3.63, 3.8) is 0 Å². The number of nitrogens with two attached hydrogens (primary N) is 1. The number of carbonyl (C=O) groups excluding carboxylic acids is 2. The summed E-state index contributed by atoms with van der Waals surface area (Å²) in [5, 5.41) is 2.65. The zero-order valence-electron chi connectivity index (χ0n) is 10.6. The first kappa shape index (κ1) is 13.9. The van der Waals surface area contributed by atoms with Gasteiger partial charge < -0.3 is 11.1 Å². The summed E-state index contributed by atoms with van der Waals surface area (Å²) in [7, 11) is 0. The predicted molar refractivity (Wildman–Crippen MR) is 70.4 cm³/mol. The summed E-state index contributed by atoms with van der Waals surface area (Å²) in [6.07, 6.45) is 0.145. The van der Waals surface area contributed by atoms with Crippen molar-refractivity contribution in [2.75, 3.05) is 6.54 Å². The van der Waals surface area contributed by atoms with E-state index in [0.29, 0.717) is 5.56 Å². The van der Waals surface area contributed by atoms with Gasteiger partial charge in [-0.25, -0.2) is 4.99 Å². The van der Waals surface area contributed by atoms with Crippen LogP contribution in [0.25, 0.3) is 0 Å². The Hall–Kier alpha value is -2.17. The van der Waals surface area contributed by atoms with Crippen LogP contribution >= 0.6 is 0 Å². The number of carbonyl (C=O) groups is 2. The molecular weight excluding hydrogens is 230 g/mol. The Kier molecular flexibility index (Phi) is 5.05. The van der Waals surface area contributed by atoms with Gasteiger partial charge in [0.05, 0.1) is 5.84 Å². The molecule has 0 aromatic heterocycles. The van der Waals surface area contributed by atoms with E-state index >= 15 is 0 Å². The van der Waals surface area contributed by atoms with Gasteiger partial charge in [-0.1, -0.05) is 17.7 Å². The van der Waals surface area contributed by atoms with Gasteiger partial charge in [-0.3, -0.25) is 9.59 Å². The third-order valence-electron chi connectivity index (χ3n) is 2.24. The fourth-order valence-corrected chi connectivity index (χ4v) is 1.34. The number of rotatable bonds is 4. The van der Waals surface area contributed by atoms with E-state index in [9.17, 15) is 9.59 Å². The summed E-state index contributed by atoms with van der Waals surface area (Å²) in [5.41, 5.74) is 6.94. The van der Waals surface area contributed by atoms with Crippen LogP contribution in [0.15, 0.2) is 29.3 Å². The maximum absolute atomic E-state index is 11.7. The van der Waals surface area contributed by atoms with Gasteiger partial charge in [-0.05, 0) is 26.0 Å². The van der Waals surface area contributed by atoms with Crippen molar-refractivity contribution in [1.82, 2.24) is 5.32 Å². The van der Waals surface area contributed by atoms with Crippen molar-refractivity contribution in [3.8, 4) is 0 Å². The van der Waals surface area contributed by atoms with Crippen LogP contribution in [0.2, 0.25) is 0 Å². The van der Waals surface area contributed by atoms with E-state index in [1.807, 2.05) is 19.1 Å². The second-order valence-corrected chi connectivity index (χ2v) is 4.02. The summed E-state index contributed by atoms with van der Waals surface area (Å²) in [6, 6.07) is 7.22. The molecule has 1 aromatic rings. The average molecular weight is 247 g/mol. The molecule has 5 nitrogen and oxygen atoms in total. The molecule has 0 bridgehead atoms. The molecule has 1 aromatic carbocycles. The quantitative estimate of drug-likeness (QED) is 0.615. The third-order valence-corrected chi connectivity index (χ3v) is 2.24. The first-order valence-electron chi connectivity index (χ1n) is 5.67. The van der Waals surface area contributed by atoms with Crippen molar-refractivity contribution >= 4 is 17.6 Å². The predicted octanol–water partition coefficient (Wildman–Crippen LogP) is 1.02. The normalized spacial score (nSPS) is 11.1. The van der Waals surface area contributed by atoms with Crippen molar-refractivity contribution in [1.29, 1.82) is 0 Å². The van der Waals surface area contributed by atoms with E-state index < -0.39 is 0 Å². The van der Waals surface area contributed by atoms with Crippen molar-refractivity contribution in [2.45, 2.75) is 20.3 Å². The highest BCUT2D eigenvalue weighted by Gasteiger charge is 2.05. The molecule has 1 rings (SSSR count). The van der Waals surface area contributed by atoms with E-state index in [2.05, 4.69) is 10.3 Å². The molecule has 96 valence electrons. The molecule has 0 aliphatic heterocycles. The molecule has 0 spiro atoms. The van der Waals surface area contributed by atoms with Crippen molar-refractivity contribution in [2.24, 2.45) is 10.7 Å². The van der Waals surface area contributed by atoms with E-state index in [4.69, 9.17) is 5.73 Å². The van der Waals surface area contributed by atoms with E-state index in [1.54, 1.807) is 19.1 Å². The maximum atomic E-state index is 11.7. The zero-order chi connectivity index (χ0) is 13.5. The minimum Gasteiger partial charge on any atom is -0.387 e. The summed E-state index contributed by atoms with van der Waals surface area (Å²) in [4.78, 5) is 26.4. The fourth-order valence-electron chi connectivity index (χ4n) is 1.34. The van der Waals surface area contributed by atoms with Gasteiger partial charge in [-0.15, -0.1) is 0 Å². The minimum absolute atomic E-state index is 0.145. The molecule has 0 atom stereocenters. The van der Waals surface area contributed by atoms with Crippen molar-refractivity contribution < 1.29 is 9.59 Å². The second kappa shape index (κ2) is 6.54. The fraction of sp³-hybridized carbons (Fsp3) is 0.308. The average Bonchev–Trinajstić information content (AvgIpc) is 2.28. The number of hydrogen-bond acceptors (Lipinski definition) is 2. The molecule has 0 unspecified atom stereocenters. The third kappa shape index (κ3) is 4.78. The number of hydrogen-bond donors (Lipinski definition) is 2. The largest absolute Gasteiger partial charge is 0.387 e. The van der Waals surface area contributed by atoms with Crippen LogP contribution in [0.3, 0.4) is 0 Å². The highest BCUT2D eigenvalue weighted by Crippen LogP contribution is 2.02. The lowest BCUT2D eigenvalue weighted by Crippen LogP contribution is -2.26. The van der Waals surface area contributed by atoms with E-state index in [1.165, 1.54) is 0 Å². The van der Waals surface area contributed by atoms with Gasteiger partial charge in [-0.2, -0.15) is 0 Å². The van der Waals surface area contributed by atoms with Crippen LogP contribution < -0.4 is 11.1 Å². The van der Waals surface area contributed by atoms with E-state index in [-0.39, 0.29) is 30.6 Å². The molecule has 3 N–H and O–H groups in total. The lowest BCUT2D eigenvalue weighted by atomic mass is 10.1. The molecule has 0 aliphatic carbocycles. The Morgan fingerprint density at radius 3 is 2.44 bits per heavy atom. The molecule has 5 heteroatoms. The van der Waals surface area contributed by atoms with Gasteiger partial charge in [0.2, 0.25) is 5.91 Å². The molecule has 18 heavy (non-hydrogen) atoms. The molecule has 0 fully saturated rings. The van der Waals surface area contributed by atoms with Crippen LogP contribution in [0.4, 0.5) is 0 Å². The Labute approximate surface area is 106 Å². The Bertz CT molecular complexity index is 460. The summed E-state index contributed by atoms with van der Waals surface area (Å²) < 4.78 is 0. The van der Waals surface area contributed by atoms with Gasteiger partial charge in [0.15, 0.2) is 0 Å². The Balaban J connectivity index is 2.40. The lowest BCUT2D eigenvalue weighted by Gasteiger charge is -2.04. The number of benzene rings is 1. The molecule has 0 saturated heterocycles. The first-order valence-corrected chi connectivity index (χ1v) is 5.67. The highest BCUT2D eigenvalue weighted by molar-refractivity contribution is 5.95. The van der Waals surface area contributed by atoms with Crippen molar-refractivity contribution in [3.05, 3.63) is 35.4 Å². The SMILES string of the molecule is CC(N)=NC(=O)CCNC(=O)c1ccc(C)cc1. The number of aryl methyl sites for hydroxylation is 1. The van der Waals surface area contributed by atoms with Gasteiger partial charge in [0, 0.05) is 18.5 Å². The van der Waals surface area contributed by atoms with E-state index in [0.717, 1.165) is 5.56 Å². The van der Waals surface area contributed by atoms with Gasteiger partial charge in [0.1, 0.15) is 0 Å². The van der Waals surface area contributed by atoms with Crippen LogP contribution in [-0.2, 0) is 4.79 Å². The molecule has 0 aliphatic rings. The zero-order valence-corrected chi connectivity index (χ0v) is 10.6. The Morgan fingerprint density at radius 2 is 1.89 bits per heavy atom. The van der Waals surface area contributed by atoms with Gasteiger partial charge in [0.25, 0.3) is 5.91 Å². The summed E-state index contributed by atoms with van der Waals surface area (Å²) in [5.74, 6) is -0.305. The minimum atomic E-state index is -0.334. The Morgan fingerprint density at radius 1 is 1.28 bits per heavy atom. The molecule has 0 radical (unpaired) electrons. The van der Waals surface area contributed by atoms with Crippen LogP contribution in [0.5, 0.6) is 0 Å². The molecule has 0 heterocycles. The lowest BCUT2D eigenvalue weighted by molar-refractivity contribution is -0.117. The second-order valence-electron chi connectivity index (χ2n) is 4.02. The number of nitrogens with zero attached hydrogens (tertiary/aromatic N) is 1. The smallest absolute Gasteiger partial charge is 0.251 e. The van der Waals surface area contributed by atoms with Crippen LogP contribution in [0.1, 0.15) is 29.3 Å². The molecule has 2 amide bonds. The highest BCUT2D eigenvalue weighted by atomic mass is 16.2. The summed E-state index contributed by atoms with van der Waals surface area (Å²) in [6.45, 7) is 3.75. The maximum Gasteiger partial charge on any atom is 0.251 e. The molecule has 0 saturated carbocycles. The van der Waals surface area contributed by atoms with Crippen LogP contribution in [0, 0.1) is 6.92 Å². The van der Waals surface area contributed by atoms with Gasteiger partial charge >= 0.3 is 0 Å².